The topological polar surface area (TPSA) is 102 Å². The number of anilines is 1. The third-order valence-electron chi connectivity index (χ3n) is 2.42. The Morgan fingerprint density at radius 2 is 1.89 bits per heavy atom. The molecule has 7 heteroatoms. The Bertz CT molecular complexity index is 420. The minimum atomic E-state index is -0.0499. The highest BCUT2D eigenvalue weighted by molar-refractivity contribution is 9.10. The maximum absolute atomic E-state index is 9.02. The van der Waals surface area contributed by atoms with Crippen LogP contribution in [0, 0.1) is 0 Å². The lowest BCUT2D eigenvalue weighted by atomic mass is 10.1. The molecule has 1 aromatic rings. The molecule has 0 radical (unpaired) electrons. The zero-order valence-electron chi connectivity index (χ0n) is 9.75. The van der Waals surface area contributed by atoms with E-state index in [1.54, 1.807) is 17.0 Å². The summed E-state index contributed by atoms with van der Waals surface area (Å²) in [5, 5.41) is 29.8. The summed E-state index contributed by atoms with van der Waals surface area (Å²) in [5.74, 6) is -0.0211. The highest BCUT2D eigenvalue weighted by Gasteiger charge is 2.14. The molecule has 0 bridgehead atoms. The highest BCUT2D eigenvalue weighted by Crippen LogP contribution is 2.24. The van der Waals surface area contributed by atoms with E-state index < -0.39 is 0 Å². The first-order valence-corrected chi connectivity index (χ1v) is 6.17. The second-order valence-electron chi connectivity index (χ2n) is 3.58. The number of rotatable bonds is 6. The van der Waals surface area contributed by atoms with Gasteiger partial charge >= 0.3 is 0 Å². The second-order valence-corrected chi connectivity index (χ2v) is 4.50. The molecule has 0 aromatic heterocycles. The molecule has 18 heavy (non-hydrogen) atoms. The van der Waals surface area contributed by atoms with E-state index >= 15 is 0 Å². The Morgan fingerprint density at radius 1 is 1.28 bits per heavy atom. The Labute approximate surface area is 113 Å². The van der Waals surface area contributed by atoms with Gasteiger partial charge in [0.15, 0.2) is 5.84 Å². The maximum atomic E-state index is 9.02. The number of benzene rings is 1. The SMILES string of the molecule is N/C(=N/O)c1cc(Br)ccc1N(CCO)CCO. The zero-order chi connectivity index (χ0) is 13.5. The number of aliphatic hydroxyl groups is 2. The predicted molar refractivity (Wildman–Crippen MR) is 73.0 cm³/mol. The van der Waals surface area contributed by atoms with Crippen molar-refractivity contribution in [3.63, 3.8) is 0 Å². The predicted octanol–water partition coefficient (Wildman–Crippen LogP) is 0.335. The summed E-state index contributed by atoms with van der Waals surface area (Å²) in [6, 6.07) is 5.31. The molecule has 0 aliphatic rings. The minimum absolute atomic E-state index is 0.0211. The molecule has 0 spiro atoms. The number of amidine groups is 1. The van der Waals surface area contributed by atoms with Gasteiger partial charge in [-0.15, -0.1) is 0 Å². The average Bonchev–Trinajstić information content (AvgIpc) is 2.37. The van der Waals surface area contributed by atoms with Crippen LogP contribution in [0.4, 0.5) is 5.69 Å². The average molecular weight is 318 g/mol. The molecular formula is C11H16BrN3O3. The Kier molecular flexibility index (Phi) is 5.90. The van der Waals surface area contributed by atoms with Crippen LogP contribution in [0.15, 0.2) is 27.8 Å². The van der Waals surface area contributed by atoms with Gasteiger partial charge in [0.25, 0.3) is 0 Å². The Morgan fingerprint density at radius 3 is 2.39 bits per heavy atom. The normalized spacial score (nSPS) is 11.6. The number of hydrogen-bond acceptors (Lipinski definition) is 5. The fourth-order valence-electron chi connectivity index (χ4n) is 1.64. The van der Waals surface area contributed by atoms with E-state index in [4.69, 9.17) is 21.2 Å². The molecule has 1 aromatic carbocycles. The van der Waals surface area contributed by atoms with Crippen molar-refractivity contribution in [2.24, 2.45) is 10.9 Å². The van der Waals surface area contributed by atoms with Gasteiger partial charge in [-0.2, -0.15) is 0 Å². The van der Waals surface area contributed by atoms with E-state index in [1.165, 1.54) is 0 Å². The van der Waals surface area contributed by atoms with Gasteiger partial charge in [-0.1, -0.05) is 21.1 Å². The van der Waals surface area contributed by atoms with Crippen LogP contribution in [-0.2, 0) is 0 Å². The summed E-state index contributed by atoms with van der Waals surface area (Å²) in [6.07, 6.45) is 0. The fraction of sp³-hybridized carbons (Fsp3) is 0.364. The quantitative estimate of drug-likeness (QED) is 0.262. The number of aliphatic hydroxyl groups excluding tert-OH is 2. The van der Waals surface area contributed by atoms with E-state index in [0.29, 0.717) is 24.3 Å². The van der Waals surface area contributed by atoms with Gasteiger partial charge in [0.2, 0.25) is 0 Å². The first kappa shape index (κ1) is 14.7. The van der Waals surface area contributed by atoms with Crippen molar-refractivity contribution >= 4 is 27.5 Å². The molecule has 0 fully saturated rings. The van der Waals surface area contributed by atoms with E-state index in [0.717, 1.165) is 4.47 Å². The number of oxime groups is 1. The minimum Gasteiger partial charge on any atom is -0.409 e. The van der Waals surface area contributed by atoms with Gasteiger partial charge in [-0.3, -0.25) is 0 Å². The van der Waals surface area contributed by atoms with Gasteiger partial charge in [0.1, 0.15) is 0 Å². The fourth-order valence-corrected chi connectivity index (χ4v) is 2.00. The molecule has 0 saturated carbocycles. The lowest BCUT2D eigenvalue weighted by Gasteiger charge is -2.25. The molecule has 5 N–H and O–H groups in total. The number of nitrogens with two attached hydrogens (primary N) is 1. The van der Waals surface area contributed by atoms with Gasteiger partial charge in [-0.05, 0) is 18.2 Å². The van der Waals surface area contributed by atoms with Crippen LogP contribution in [0.2, 0.25) is 0 Å². The summed E-state index contributed by atoms with van der Waals surface area (Å²) in [7, 11) is 0. The van der Waals surface area contributed by atoms with Crippen LogP contribution in [0.25, 0.3) is 0 Å². The molecule has 100 valence electrons. The van der Waals surface area contributed by atoms with Crippen LogP contribution in [0.1, 0.15) is 5.56 Å². The monoisotopic (exact) mass is 317 g/mol. The number of halogens is 1. The molecule has 0 heterocycles. The van der Waals surface area contributed by atoms with Crippen LogP contribution in [0.3, 0.4) is 0 Å². The summed E-state index contributed by atoms with van der Waals surface area (Å²) in [4.78, 5) is 1.76. The maximum Gasteiger partial charge on any atom is 0.172 e. The molecule has 0 atom stereocenters. The third-order valence-corrected chi connectivity index (χ3v) is 2.92. The molecule has 0 unspecified atom stereocenters. The van der Waals surface area contributed by atoms with Crippen LogP contribution in [0.5, 0.6) is 0 Å². The lowest BCUT2D eigenvalue weighted by molar-refractivity contribution is 0.281. The van der Waals surface area contributed by atoms with Crippen molar-refractivity contribution in [1.29, 1.82) is 0 Å². The Hall–Kier alpha value is -1.31. The van der Waals surface area contributed by atoms with E-state index in [1.807, 2.05) is 6.07 Å². The van der Waals surface area contributed by atoms with Gasteiger partial charge in [0, 0.05) is 28.8 Å². The van der Waals surface area contributed by atoms with E-state index in [-0.39, 0.29) is 19.0 Å². The molecule has 0 amide bonds. The van der Waals surface area contributed by atoms with E-state index in [9.17, 15) is 0 Å². The molecular weight excluding hydrogens is 302 g/mol. The van der Waals surface area contributed by atoms with Crippen LogP contribution < -0.4 is 10.6 Å². The smallest absolute Gasteiger partial charge is 0.172 e. The first-order chi connectivity index (χ1) is 8.63. The van der Waals surface area contributed by atoms with Crippen molar-refractivity contribution in [2.75, 3.05) is 31.2 Å². The third kappa shape index (κ3) is 3.59. The van der Waals surface area contributed by atoms with Gasteiger partial charge in [-0.25, -0.2) is 0 Å². The van der Waals surface area contributed by atoms with Crippen LogP contribution in [-0.4, -0.2) is 47.6 Å². The van der Waals surface area contributed by atoms with Crippen molar-refractivity contribution in [1.82, 2.24) is 0 Å². The molecule has 6 nitrogen and oxygen atoms in total. The summed E-state index contributed by atoms with van der Waals surface area (Å²) in [6.45, 7) is 0.610. The first-order valence-electron chi connectivity index (χ1n) is 5.38. The molecule has 0 saturated heterocycles. The Balaban J connectivity index is 3.19. The number of hydrogen-bond donors (Lipinski definition) is 4. The largest absolute Gasteiger partial charge is 0.409 e. The number of nitrogens with zero attached hydrogens (tertiary/aromatic N) is 2. The zero-order valence-corrected chi connectivity index (χ0v) is 11.3. The van der Waals surface area contributed by atoms with E-state index in [2.05, 4.69) is 21.1 Å². The van der Waals surface area contributed by atoms with Gasteiger partial charge in [0.05, 0.1) is 13.2 Å². The summed E-state index contributed by atoms with van der Waals surface area (Å²) < 4.78 is 0.792. The standard InChI is InChI=1S/C11H16BrN3O3/c12-8-1-2-10(9(7-8)11(13)14-18)15(3-5-16)4-6-17/h1-2,7,16-18H,3-6H2,(H2,13,14). The summed E-state index contributed by atoms with van der Waals surface area (Å²) in [5.41, 5.74) is 6.85. The molecule has 0 aliphatic carbocycles. The van der Waals surface area contributed by atoms with Crippen LogP contribution >= 0.6 is 15.9 Å². The van der Waals surface area contributed by atoms with Crippen molar-refractivity contribution < 1.29 is 15.4 Å². The van der Waals surface area contributed by atoms with Crippen molar-refractivity contribution in [3.05, 3.63) is 28.2 Å². The lowest BCUT2D eigenvalue weighted by Crippen LogP contribution is -2.32. The van der Waals surface area contributed by atoms with Crippen molar-refractivity contribution in [3.8, 4) is 0 Å². The highest BCUT2D eigenvalue weighted by atomic mass is 79.9. The van der Waals surface area contributed by atoms with Gasteiger partial charge < -0.3 is 26.1 Å². The summed E-state index contributed by atoms with van der Waals surface area (Å²) >= 11 is 3.31. The molecule has 1 rings (SSSR count). The van der Waals surface area contributed by atoms with Crippen molar-refractivity contribution in [2.45, 2.75) is 0 Å². The second kappa shape index (κ2) is 7.20. The molecule has 0 aliphatic heterocycles.